The van der Waals surface area contributed by atoms with Crippen LogP contribution in [0.3, 0.4) is 0 Å². The summed E-state index contributed by atoms with van der Waals surface area (Å²) in [5.41, 5.74) is 10.4. The van der Waals surface area contributed by atoms with Gasteiger partial charge >= 0.3 is 0 Å². The summed E-state index contributed by atoms with van der Waals surface area (Å²) in [5, 5.41) is 0. The molecule has 0 radical (unpaired) electrons. The van der Waals surface area contributed by atoms with Gasteiger partial charge in [0.05, 0.1) is 48.7 Å². The van der Waals surface area contributed by atoms with Crippen LogP contribution in [0, 0.1) is 47.6 Å². The van der Waals surface area contributed by atoms with Crippen molar-refractivity contribution in [1.29, 1.82) is 0 Å². The van der Waals surface area contributed by atoms with Crippen molar-refractivity contribution in [2.45, 2.75) is 272 Å². The SMILES string of the molecule is C#Cc1cc(OCCCCCCCCCC)c(C#C)cc1OCCCCCCCCCC.CCCCCCCCCCOc1cc(C#C[Si](C)(C)C)c(OCCCCCCCCCC)cc1C#C[Si](C)(C)C. The maximum atomic E-state index is 6.37. The summed E-state index contributed by atoms with van der Waals surface area (Å²) in [5.74, 6) is 15.5. The molecule has 0 aliphatic rings. The zero-order valence-corrected chi connectivity index (χ0v) is 50.6. The highest BCUT2D eigenvalue weighted by atomic mass is 28.3. The highest BCUT2D eigenvalue weighted by Crippen LogP contribution is 2.31. The second kappa shape index (κ2) is 43.7. The van der Waals surface area contributed by atoms with E-state index in [0.29, 0.717) is 24.7 Å². The molecule has 2 aromatic rings. The van der Waals surface area contributed by atoms with Crippen LogP contribution < -0.4 is 18.9 Å². The Balaban J connectivity index is 0.000000738. The number of ether oxygens (including phenoxy) is 4. The minimum atomic E-state index is -1.53. The Morgan fingerprint density at radius 1 is 0.306 bits per heavy atom. The van der Waals surface area contributed by atoms with Gasteiger partial charge < -0.3 is 18.9 Å². The van der Waals surface area contributed by atoms with Crippen LogP contribution in [0.15, 0.2) is 24.3 Å². The molecule has 0 N–H and O–H groups in total. The lowest BCUT2D eigenvalue weighted by atomic mass is 10.1. The number of benzene rings is 2. The summed E-state index contributed by atoms with van der Waals surface area (Å²) >= 11 is 0. The summed E-state index contributed by atoms with van der Waals surface area (Å²) in [6.07, 6.45) is 52.6. The van der Waals surface area contributed by atoms with Gasteiger partial charge in [-0.15, -0.1) is 23.9 Å². The second-order valence-corrected chi connectivity index (χ2v) is 31.8. The van der Waals surface area contributed by atoms with Crippen molar-refractivity contribution in [3.05, 3.63) is 46.5 Å². The Bertz CT molecular complexity index is 1750. The molecule has 0 fully saturated rings. The van der Waals surface area contributed by atoms with E-state index >= 15 is 0 Å². The first kappa shape index (κ1) is 66.3. The third kappa shape index (κ3) is 36.3. The van der Waals surface area contributed by atoms with Gasteiger partial charge in [-0.3, -0.25) is 0 Å². The molecule has 0 aromatic heterocycles. The van der Waals surface area contributed by atoms with Crippen molar-refractivity contribution >= 4 is 16.1 Å². The average molecular weight is 1020 g/mol. The Morgan fingerprint density at radius 2 is 0.500 bits per heavy atom. The molecule has 0 heterocycles. The molecular weight excluding hydrogens is 913 g/mol. The van der Waals surface area contributed by atoms with E-state index in [2.05, 4.69) is 114 Å². The molecule has 0 aliphatic carbocycles. The monoisotopic (exact) mass is 1020 g/mol. The highest BCUT2D eigenvalue weighted by molar-refractivity contribution is 6.84. The Kier molecular flexibility index (Phi) is 40.2. The third-order valence-corrected chi connectivity index (χ3v) is 14.4. The zero-order valence-electron chi connectivity index (χ0n) is 48.6. The maximum Gasteiger partial charge on any atom is 0.136 e. The van der Waals surface area contributed by atoms with Crippen LogP contribution in [0.25, 0.3) is 0 Å². The van der Waals surface area contributed by atoms with E-state index in [9.17, 15) is 0 Å². The lowest BCUT2D eigenvalue weighted by Gasteiger charge is -2.15. The van der Waals surface area contributed by atoms with Crippen molar-refractivity contribution in [1.82, 2.24) is 0 Å². The van der Waals surface area contributed by atoms with Crippen LogP contribution >= 0.6 is 0 Å². The molecule has 0 aliphatic heterocycles. The number of terminal acetylenes is 2. The van der Waals surface area contributed by atoms with Gasteiger partial charge in [0.2, 0.25) is 0 Å². The largest absolute Gasteiger partial charge is 0.492 e. The molecule has 0 unspecified atom stereocenters. The van der Waals surface area contributed by atoms with Gasteiger partial charge in [0.15, 0.2) is 0 Å². The van der Waals surface area contributed by atoms with Gasteiger partial charge in [0.1, 0.15) is 39.1 Å². The standard InChI is InChI=1S/C36H62O2Si2.C30H46O2/c1-9-11-13-15-17-19-21-23-27-37-35-31-34(26-30-40(6,7)8)36(32-33(35)25-29-39(3,4)5)38-28-24-22-20-18-16-14-12-10-2;1-5-9-11-13-15-17-19-21-23-31-29-25-28(8-4)30(26-27(29)7-3)32-24-22-20-18-16-14-12-10-6-2/h31-32H,9-24,27-28H2,1-8H3;3-4,25-26H,5-6,9-24H2,1-2H3. The van der Waals surface area contributed by atoms with Gasteiger partial charge in [-0.25, -0.2) is 0 Å². The quantitative estimate of drug-likeness (QED) is 0.0379. The fourth-order valence-corrected chi connectivity index (χ4v) is 9.22. The normalized spacial score (nSPS) is 11.0. The highest BCUT2D eigenvalue weighted by Gasteiger charge is 2.15. The molecule has 4 nitrogen and oxygen atoms in total. The van der Waals surface area contributed by atoms with Gasteiger partial charge in [0.25, 0.3) is 0 Å². The van der Waals surface area contributed by atoms with Gasteiger partial charge in [-0.05, 0) is 25.7 Å². The predicted octanol–water partition coefficient (Wildman–Crippen LogP) is 19.9. The zero-order chi connectivity index (χ0) is 53.0. The molecule has 0 amide bonds. The minimum Gasteiger partial charge on any atom is -0.492 e. The topological polar surface area (TPSA) is 36.9 Å². The smallest absolute Gasteiger partial charge is 0.136 e. The summed E-state index contributed by atoms with van der Waals surface area (Å²) in [6, 6.07) is 7.94. The van der Waals surface area contributed by atoms with Gasteiger partial charge in [-0.1, -0.05) is 270 Å². The van der Waals surface area contributed by atoms with E-state index in [0.717, 1.165) is 72.6 Å². The first-order valence-corrected chi connectivity index (χ1v) is 36.7. The van der Waals surface area contributed by atoms with Crippen molar-refractivity contribution in [2.75, 3.05) is 26.4 Å². The molecule has 0 bridgehead atoms. The number of hydrogen-bond donors (Lipinski definition) is 0. The van der Waals surface area contributed by atoms with Crippen LogP contribution in [-0.2, 0) is 0 Å². The molecule has 0 saturated carbocycles. The first-order valence-electron chi connectivity index (χ1n) is 29.7. The molecule has 0 saturated heterocycles. The minimum absolute atomic E-state index is 0.673. The van der Waals surface area contributed by atoms with Gasteiger partial charge in [-0.2, -0.15) is 0 Å². The van der Waals surface area contributed by atoms with E-state index in [1.807, 2.05) is 12.1 Å². The fourth-order valence-electron chi connectivity index (χ4n) is 8.20. The van der Waals surface area contributed by atoms with E-state index in [4.69, 9.17) is 31.8 Å². The van der Waals surface area contributed by atoms with E-state index in [1.165, 1.54) is 180 Å². The summed E-state index contributed by atoms with van der Waals surface area (Å²) in [4.78, 5) is 0. The summed E-state index contributed by atoms with van der Waals surface area (Å²) in [6.45, 7) is 25.6. The number of hydrogen-bond acceptors (Lipinski definition) is 4. The van der Waals surface area contributed by atoms with Crippen molar-refractivity contribution in [3.8, 4) is 70.6 Å². The van der Waals surface area contributed by atoms with Crippen LogP contribution in [-0.4, -0.2) is 42.6 Å². The molecule has 404 valence electrons. The molecule has 6 heteroatoms. The first-order chi connectivity index (χ1) is 34.8. The van der Waals surface area contributed by atoms with Crippen molar-refractivity contribution in [3.63, 3.8) is 0 Å². The Morgan fingerprint density at radius 3 is 0.708 bits per heavy atom. The van der Waals surface area contributed by atoms with E-state index in [-0.39, 0.29) is 0 Å². The Labute approximate surface area is 448 Å². The maximum absolute atomic E-state index is 6.37. The average Bonchev–Trinajstić information content (AvgIpc) is 3.35. The van der Waals surface area contributed by atoms with Crippen molar-refractivity contribution in [2.24, 2.45) is 0 Å². The van der Waals surface area contributed by atoms with Crippen LogP contribution in [0.2, 0.25) is 39.3 Å². The van der Waals surface area contributed by atoms with E-state index < -0.39 is 16.1 Å². The van der Waals surface area contributed by atoms with Crippen LogP contribution in [0.1, 0.15) is 255 Å². The lowest BCUT2D eigenvalue weighted by Crippen LogP contribution is -2.16. The Hall–Kier alpha value is -3.69. The van der Waals surface area contributed by atoms with Crippen LogP contribution in [0.4, 0.5) is 0 Å². The fraction of sp³-hybridized carbons (Fsp3) is 0.697. The molecular formula is C66H108O4Si2. The molecule has 0 atom stereocenters. The molecule has 2 rings (SSSR count). The number of rotatable bonds is 40. The van der Waals surface area contributed by atoms with Crippen LogP contribution in [0.5, 0.6) is 23.0 Å². The van der Waals surface area contributed by atoms with Gasteiger partial charge in [0, 0.05) is 24.3 Å². The second-order valence-electron chi connectivity index (χ2n) is 22.3. The third-order valence-electron chi connectivity index (χ3n) is 12.6. The number of unbranched alkanes of at least 4 members (excludes halogenated alkanes) is 28. The lowest BCUT2D eigenvalue weighted by molar-refractivity contribution is 0.295. The predicted molar refractivity (Wildman–Crippen MR) is 322 cm³/mol. The van der Waals surface area contributed by atoms with E-state index in [1.54, 1.807) is 0 Å². The molecule has 0 spiro atoms. The molecule has 72 heavy (non-hydrogen) atoms. The van der Waals surface area contributed by atoms with Crippen molar-refractivity contribution < 1.29 is 18.9 Å². The summed E-state index contributed by atoms with van der Waals surface area (Å²) in [7, 11) is -3.06. The summed E-state index contributed by atoms with van der Waals surface area (Å²) < 4.78 is 24.7. The molecule has 2 aromatic carbocycles.